The Morgan fingerprint density at radius 1 is 0.500 bits per heavy atom. The summed E-state index contributed by atoms with van der Waals surface area (Å²) in [5.41, 5.74) is -0.777. The molecule has 304 valence electrons. The number of hydrogen-bond donors (Lipinski definition) is 0. The number of rotatable bonds is 32. The molecule has 1 fully saturated rings. The minimum absolute atomic E-state index is 0.0331. The molecule has 1 heterocycles. The number of hydrogen-bond acceptors (Lipinski definition) is 10. The highest BCUT2D eigenvalue weighted by atomic mass is 16.7. The molecule has 0 spiro atoms. The molecule has 0 aliphatic carbocycles. The lowest BCUT2D eigenvalue weighted by atomic mass is 9.91. The predicted octanol–water partition coefficient (Wildman–Crippen LogP) is 10.1. The third-order valence-corrected chi connectivity index (χ3v) is 9.65. The lowest BCUT2D eigenvalue weighted by Gasteiger charge is -2.42. The van der Waals surface area contributed by atoms with E-state index in [1.54, 1.807) is 0 Å². The van der Waals surface area contributed by atoms with E-state index in [0.29, 0.717) is 25.7 Å². The summed E-state index contributed by atoms with van der Waals surface area (Å²) in [6, 6.07) is 0. The van der Waals surface area contributed by atoms with Gasteiger partial charge in [0.1, 0.15) is 13.2 Å². The Morgan fingerprint density at radius 2 is 0.827 bits per heavy atom. The smallest absolute Gasteiger partial charge is 0.306 e. The molecule has 2 unspecified atom stereocenters. The highest BCUT2D eigenvalue weighted by Crippen LogP contribution is 2.31. The maximum atomic E-state index is 12.6. The average molecular weight is 741 g/mol. The van der Waals surface area contributed by atoms with Gasteiger partial charge >= 0.3 is 23.9 Å². The van der Waals surface area contributed by atoms with Gasteiger partial charge in [-0.2, -0.15) is 0 Å². The lowest BCUT2D eigenvalue weighted by molar-refractivity contribution is -0.296. The summed E-state index contributed by atoms with van der Waals surface area (Å²) in [4.78, 5) is 49.5. The molecule has 0 saturated carbocycles. The van der Waals surface area contributed by atoms with Crippen molar-refractivity contribution in [3.63, 3.8) is 0 Å². The maximum Gasteiger partial charge on any atom is 0.306 e. The summed E-state index contributed by atoms with van der Waals surface area (Å²) in [6.45, 7) is 12.5. The van der Waals surface area contributed by atoms with Gasteiger partial charge in [-0.05, 0) is 79.1 Å². The van der Waals surface area contributed by atoms with Crippen molar-refractivity contribution in [3.05, 3.63) is 0 Å². The third kappa shape index (κ3) is 25.7. The zero-order valence-corrected chi connectivity index (χ0v) is 34.0. The number of carbonyl (C=O) groups is 4. The second-order valence-corrected chi connectivity index (χ2v) is 15.6. The molecular weight excluding hydrogens is 664 g/mol. The highest BCUT2D eigenvalue weighted by molar-refractivity contribution is 5.70. The zero-order valence-electron chi connectivity index (χ0n) is 34.0. The SMILES string of the molecule is CCCCCCCC(C)OC(=O)CCCCCCC(=O)OCC1(COC(=O)CCCCCCC(=O)OC(C)CCCCCCC)COC(C)(C)OC1. The summed E-state index contributed by atoms with van der Waals surface area (Å²) in [5, 5.41) is 0. The minimum Gasteiger partial charge on any atom is -0.465 e. The van der Waals surface area contributed by atoms with E-state index in [-0.39, 0.29) is 75.4 Å². The topological polar surface area (TPSA) is 124 Å². The summed E-state index contributed by atoms with van der Waals surface area (Å²) in [6.07, 6.45) is 21.3. The van der Waals surface area contributed by atoms with E-state index >= 15 is 0 Å². The Labute approximate surface area is 316 Å². The molecule has 10 nitrogen and oxygen atoms in total. The predicted molar refractivity (Wildman–Crippen MR) is 204 cm³/mol. The summed E-state index contributed by atoms with van der Waals surface area (Å²) < 4.78 is 34.1. The Bertz CT molecular complexity index is 890. The van der Waals surface area contributed by atoms with Gasteiger partial charge in [0.25, 0.3) is 0 Å². The van der Waals surface area contributed by atoms with Gasteiger partial charge < -0.3 is 28.4 Å². The Kier molecular flexibility index (Phi) is 26.8. The minimum atomic E-state index is -0.777. The van der Waals surface area contributed by atoms with Crippen molar-refractivity contribution < 1.29 is 47.6 Å². The van der Waals surface area contributed by atoms with Crippen LogP contribution in [0.1, 0.15) is 196 Å². The number of ether oxygens (including phenoxy) is 6. The monoisotopic (exact) mass is 741 g/mol. The van der Waals surface area contributed by atoms with Crippen molar-refractivity contribution in [1.29, 1.82) is 0 Å². The Morgan fingerprint density at radius 3 is 1.19 bits per heavy atom. The van der Waals surface area contributed by atoms with Crippen molar-refractivity contribution >= 4 is 23.9 Å². The van der Waals surface area contributed by atoms with Gasteiger partial charge in [-0.25, -0.2) is 0 Å². The third-order valence-electron chi connectivity index (χ3n) is 9.65. The molecule has 0 aromatic heterocycles. The lowest BCUT2D eigenvalue weighted by Crippen LogP contribution is -2.51. The van der Waals surface area contributed by atoms with Gasteiger partial charge in [0, 0.05) is 25.7 Å². The van der Waals surface area contributed by atoms with E-state index in [9.17, 15) is 19.2 Å². The molecule has 0 aromatic rings. The number of unbranched alkanes of at least 4 members (excludes halogenated alkanes) is 14. The van der Waals surface area contributed by atoms with Crippen molar-refractivity contribution in [2.24, 2.45) is 5.41 Å². The second kappa shape index (κ2) is 29.2. The quantitative estimate of drug-likeness (QED) is 0.0374. The second-order valence-electron chi connectivity index (χ2n) is 15.6. The molecule has 1 aliphatic heterocycles. The molecular formula is C42H76O10. The van der Waals surface area contributed by atoms with Crippen LogP contribution in [0.25, 0.3) is 0 Å². The van der Waals surface area contributed by atoms with E-state index < -0.39 is 11.2 Å². The van der Waals surface area contributed by atoms with Crippen LogP contribution < -0.4 is 0 Å². The van der Waals surface area contributed by atoms with Crippen LogP contribution in [0.3, 0.4) is 0 Å². The summed E-state index contributed by atoms with van der Waals surface area (Å²) >= 11 is 0. The van der Waals surface area contributed by atoms with Crippen LogP contribution >= 0.6 is 0 Å². The summed E-state index contributed by atoms with van der Waals surface area (Å²) in [7, 11) is 0. The zero-order chi connectivity index (χ0) is 38.5. The molecule has 52 heavy (non-hydrogen) atoms. The van der Waals surface area contributed by atoms with Gasteiger partial charge in [-0.15, -0.1) is 0 Å². The van der Waals surface area contributed by atoms with E-state index in [1.165, 1.54) is 51.4 Å². The molecule has 0 amide bonds. The van der Waals surface area contributed by atoms with E-state index in [0.717, 1.165) is 64.2 Å². The molecule has 1 rings (SSSR count). The van der Waals surface area contributed by atoms with Gasteiger partial charge in [0.2, 0.25) is 0 Å². The van der Waals surface area contributed by atoms with Crippen molar-refractivity contribution in [1.82, 2.24) is 0 Å². The molecule has 2 atom stereocenters. The molecule has 0 radical (unpaired) electrons. The Hall–Kier alpha value is -2.20. The average Bonchev–Trinajstić information content (AvgIpc) is 3.10. The summed E-state index contributed by atoms with van der Waals surface area (Å²) in [5.74, 6) is -1.69. The number of esters is 4. The van der Waals surface area contributed by atoms with Crippen molar-refractivity contribution in [2.75, 3.05) is 26.4 Å². The molecule has 1 aliphatic rings. The molecule has 0 N–H and O–H groups in total. The molecule has 0 aromatic carbocycles. The van der Waals surface area contributed by atoms with Crippen LogP contribution in [0.15, 0.2) is 0 Å². The number of carbonyl (C=O) groups excluding carboxylic acids is 4. The van der Waals surface area contributed by atoms with E-state index in [1.807, 2.05) is 27.7 Å². The first-order chi connectivity index (χ1) is 24.9. The van der Waals surface area contributed by atoms with Gasteiger partial charge in [-0.1, -0.05) is 90.9 Å². The normalized spacial score (nSPS) is 16.1. The van der Waals surface area contributed by atoms with Gasteiger partial charge in [-0.3, -0.25) is 19.2 Å². The van der Waals surface area contributed by atoms with E-state index in [4.69, 9.17) is 28.4 Å². The molecule has 0 bridgehead atoms. The van der Waals surface area contributed by atoms with Crippen LogP contribution in [0.2, 0.25) is 0 Å². The first-order valence-electron chi connectivity index (χ1n) is 20.9. The van der Waals surface area contributed by atoms with Gasteiger partial charge in [0.15, 0.2) is 5.79 Å². The fraction of sp³-hybridized carbons (Fsp3) is 0.905. The molecule has 1 saturated heterocycles. The van der Waals surface area contributed by atoms with Gasteiger partial charge in [0.05, 0.1) is 30.8 Å². The van der Waals surface area contributed by atoms with Crippen LogP contribution in [0.4, 0.5) is 0 Å². The highest BCUT2D eigenvalue weighted by Gasteiger charge is 2.42. The van der Waals surface area contributed by atoms with Crippen molar-refractivity contribution in [2.45, 2.75) is 214 Å². The van der Waals surface area contributed by atoms with Crippen LogP contribution in [-0.4, -0.2) is 68.3 Å². The first kappa shape index (κ1) is 47.8. The fourth-order valence-corrected chi connectivity index (χ4v) is 6.10. The first-order valence-corrected chi connectivity index (χ1v) is 20.9. The fourth-order valence-electron chi connectivity index (χ4n) is 6.10. The Balaban J connectivity index is 2.24. The van der Waals surface area contributed by atoms with Crippen molar-refractivity contribution in [3.8, 4) is 0 Å². The molecule has 10 heteroatoms. The van der Waals surface area contributed by atoms with Crippen LogP contribution in [0.5, 0.6) is 0 Å². The van der Waals surface area contributed by atoms with Crippen LogP contribution in [0, 0.1) is 5.41 Å². The standard InChI is InChI=1S/C42H76O10/c1-7-9-11-13-19-25-35(3)51-39(45)29-23-17-15-21-27-37(43)47-31-42(33-49-41(5,6)50-34-42)32-48-38(44)28-22-16-18-24-30-40(46)52-36(4)26-20-14-12-10-8-2/h35-36H,7-34H2,1-6H3. The maximum absolute atomic E-state index is 12.6. The largest absolute Gasteiger partial charge is 0.465 e. The van der Waals surface area contributed by atoms with Crippen LogP contribution in [-0.2, 0) is 47.6 Å². The van der Waals surface area contributed by atoms with E-state index in [2.05, 4.69) is 13.8 Å².